The first-order valence-corrected chi connectivity index (χ1v) is 11.2. The van der Waals surface area contributed by atoms with Gasteiger partial charge in [-0.15, -0.1) is 0 Å². The molecule has 2 N–H and O–H groups in total. The molecular formula is C22H31N7O2. The van der Waals surface area contributed by atoms with Crippen molar-refractivity contribution in [2.75, 3.05) is 104 Å². The van der Waals surface area contributed by atoms with Crippen LogP contribution in [-0.2, 0) is 9.47 Å². The number of nitrogen functional groups attached to an aromatic ring is 1. The van der Waals surface area contributed by atoms with Crippen LogP contribution in [0, 0.1) is 0 Å². The van der Waals surface area contributed by atoms with E-state index >= 15 is 0 Å². The summed E-state index contributed by atoms with van der Waals surface area (Å²) in [5.41, 5.74) is 8.62. The lowest BCUT2D eigenvalue weighted by molar-refractivity contribution is 0.121. The zero-order valence-corrected chi connectivity index (χ0v) is 17.9. The van der Waals surface area contributed by atoms with Gasteiger partial charge in [0.05, 0.1) is 26.4 Å². The summed E-state index contributed by atoms with van der Waals surface area (Å²) in [7, 11) is 0. The maximum absolute atomic E-state index is 6.68. The summed E-state index contributed by atoms with van der Waals surface area (Å²) in [6, 6.07) is 10.6. The minimum atomic E-state index is 0.673. The Morgan fingerprint density at radius 2 is 1.10 bits per heavy atom. The molecule has 1 aromatic heterocycles. The molecular weight excluding hydrogens is 394 g/mol. The highest BCUT2D eigenvalue weighted by Crippen LogP contribution is 2.34. The van der Waals surface area contributed by atoms with E-state index in [1.54, 1.807) is 0 Å². The fraction of sp³-hybridized carbons (Fsp3) is 0.545. The maximum atomic E-state index is 6.68. The molecule has 3 saturated heterocycles. The first-order chi connectivity index (χ1) is 15.3. The van der Waals surface area contributed by atoms with Crippen LogP contribution in [0.3, 0.4) is 0 Å². The van der Waals surface area contributed by atoms with E-state index in [1.807, 2.05) is 0 Å². The van der Waals surface area contributed by atoms with Crippen molar-refractivity contribution in [3.8, 4) is 0 Å². The Morgan fingerprint density at radius 1 is 0.613 bits per heavy atom. The standard InChI is InChI=1S/C22H31N7O2/c23-19-20(27-8-6-26(7-9-27)18-4-2-1-3-5-18)24-22(29-12-16-31-17-13-29)25-21(19)28-10-14-30-15-11-28/h1-5H,6-17,23H2. The summed E-state index contributed by atoms with van der Waals surface area (Å²) in [6.45, 7) is 9.61. The second-order valence-electron chi connectivity index (χ2n) is 8.09. The molecule has 0 bridgehead atoms. The number of hydrogen-bond donors (Lipinski definition) is 1. The zero-order valence-electron chi connectivity index (χ0n) is 17.9. The molecule has 0 spiro atoms. The van der Waals surface area contributed by atoms with E-state index in [1.165, 1.54) is 5.69 Å². The van der Waals surface area contributed by atoms with Crippen molar-refractivity contribution in [3.63, 3.8) is 0 Å². The van der Waals surface area contributed by atoms with E-state index in [9.17, 15) is 0 Å². The maximum Gasteiger partial charge on any atom is 0.229 e. The van der Waals surface area contributed by atoms with Gasteiger partial charge in [-0.3, -0.25) is 0 Å². The topological polar surface area (TPSA) is 83.2 Å². The van der Waals surface area contributed by atoms with Gasteiger partial charge in [-0.25, -0.2) is 0 Å². The number of aromatic nitrogens is 2. The van der Waals surface area contributed by atoms with E-state index < -0.39 is 0 Å². The second-order valence-corrected chi connectivity index (χ2v) is 8.09. The molecule has 166 valence electrons. The average molecular weight is 426 g/mol. The molecule has 0 saturated carbocycles. The smallest absolute Gasteiger partial charge is 0.229 e. The number of para-hydroxylation sites is 1. The van der Waals surface area contributed by atoms with Crippen LogP contribution in [-0.4, -0.2) is 88.8 Å². The van der Waals surface area contributed by atoms with Gasteiger partial charge in [-0.1, -0.05) is 18.2 Å². The predicted molar refractivity (Wildman–Crippen MR) is 123 cm³/mol. The lowest BCUT2D eigenvalue weighted by atomic mass is 10.2. The van der Waals surface area contributed by atoms with Crippen LogP contribution in [0.4, 0.5) is 29.0 Å². The van der Waals surface area contributed by atoms with Crippen molar-refractivity contribution in [1.82, 2.24) is 9.97 Å². The third kappa shape index (κ3) is 4.33. The number of hydrogen-bond acceptors (Lipinski definition) is 9. The zero-order chi connectivity index (χ0) is 21.0. The van der Waals surface area contributed by atoms with Gasteiger partial charge in [-0.05, 0) is 12.1 Å². The van der Waals surface area contributed by atoms with Gasteiger partial charge in [0.15, 0.2) is 11.6 Å². The Kier molecular flexibility index (Phi) is 5.95. The number of anilines is 5. The van der Waals surface area contributed by atoms with Gasteiger partial charge in [0, 0.05) is 58.0 Å². The van der Waals surface area contributed by atoms with Crippen LogP contribution in [0.1, 0.15) is 0 Å². The summed E-state index contributed by atoms with van der Waals surface area (Å²) in [5.74, 6) is 2.44. The van der Waals surface area contributed by atoms with Crippen molar-refractivity contribution < 1.29 is 9.47 Å². The summed E-state index contributed by atoms with van der Waals surface area (Å²) in [6.07, 6.45) is 0. The van der Waals surface area contributed by atoms with Gasteiger partial charge in [0.25, 0.3) is 0 Å². The Hall–Kier alpha value is -2.78. The molecule has 0 radical (unpaired) electrons. The van der Waals surface area contributed by atoms with E-state index in [0.717, 1.165) is 69.9 Å². The molecule has 9 nitrogen and oxygen atoms in total. The highest BCUT2D eigenvalue weighted by atomic mass is 16.5. The Morgan fingerprint density at radius 3 is 1.68 bits per heavy atom. The molecule has 0 atom stereocenters. The SMILES string of the molecule is Nc1c(N2CCOCC2)nc(N2CCOCC2)nc1N1CCN(c2ccccc2)CC1. The fourth-order valence-corrected chi connectivity index (χ4v) is 4.41. The molecule has 31 heavy (non-hydrogen) atoms. The highest BCUT2D eigenvalue weighted by Gasteiger charge is 2.27. The minimum Gasteiger partial charge on any atom is -0.393 e. The summed E-state index contributed by atoms with van der Waals surface area (Å²) in [4.78, 5) is 19.0. The van der Waals surface area contributed by atoms with E-state index in [2.05, 4.69) is 49.9 Å². The van der Waals surface area contributed by atoms with Gasteiger partial charge in [0.1, 0.15) is 5.69 Å². The molecule has 2 aromatic rings. The largest absolute Gasteiger partial charge is 0.393 e. The van der Waals surface area contributed by atoms with Gasteiger partial charge < -0.3 is 34.8 Å². The normalized spacial score (nSPS) is 20.3. The third-order valence-corrected chi connectivity index (χ3v) is 6.20. The van der Waals surface area contributed by atoms with Crippen molar-refractivity contribution in [2.45, 2.75) is 0 Å². The molecule has 0 amide bonds. The first kappa shape index (κ1) is 20.1. The molecule has 3 fully saturated rings. The molecule has 9 heteroatoms. The van der Waals surface area contributed by atoms with E-state index in [4.69, 9.17) is 25.2 Å². The van der Waals surface area contributed by atoms with E-state index in [0.29, 0.717) is 32.1 Å². The summed E-state index contributed by atoms with van der Waals surface area (Å²) < 4.78 is 11.1. The number of benzene rings is 1. The predicted octanol–water partition coefficient (Wildman–Crippen LogP) is 1.06. The summed E-state index contributed by atoms with van der Waals surface area (Å²) >= 11 is 0. The summed E-state index contributed by atoms with van der Waals surface area (Å²) in [5, 5.41) is 0. The van der Waals surface area contributed by atoms with Crippen LogP contribution >= 0.6 is 0 Å². The first-order valence-electron chi connectivity index (χ1n) is 11.2. The van der Waals surface area contributed by atoms with E-state index in [-0.39, 0.29) is 0 Å². The molecule has 3 aliphatic heterocycles. The Balaban J connectivity index is 1.41. The lowest BCUT2D eigenvalue weighted by Gasteiger charge is -2.38. The monoisotopic (exact) mass is 425 g/mol. The van der Waals surface area contributed by atoms with Gasteiger partial charge in [-0.2, -0.15) is 9.97 Å². The number of ether oxygens (including phenoxy) is 2. The number of nitrogens with two attached hydrogens (primary N) is 1. The minimum absolute atomic E-state index is 0.673. The number of piperazine rings is 1. The molecule has 0 aliphatic carbocycles. The fourth-order valence-electron chi connectivity index (χ4n) is 4.41. The molecule has 5 rings (SSSR count). The quantitative estimate of drug-likeness (QED) is 0.773. The average Bonchev–Trinajstić information content (AvgIpc) is 2.86. The van der Waals surface area contributed by atoms with Crippen LogP contribution in [0.25, 0.3) is 0 Å². The molecule has 4 heterocycles. The number of nitrogens with zero attached hydrogens (tertiary/aromatic N) is 6. The third-order valence-electron chi connectivity index (χ3n) is 6.20. The molecule has 3 aliphatic rings. The Labute approximate surface area is 183 Å². The van der Waals surface area contributed by atoms with Crippen LogP contribution in [0.5, 0.6) is 0 Å². The van der Waals surface area contributed by atoms with Crippen molar-refractivity contribution in [2.24, 2.45) is 0 Å². The number of morpholine rings is 2. The van der Waals surface area contributed by atoms with Crippen LogP contribution < -0.4 is 25.3 Å². The van der Waals surface area contributed by atoms with Crippen molar-refractivity contribution >= 4 is 29.0 Å². The molecule has 1 aromatic carbocycles. The second kappa shape index (κ2) is 9.15. The molecule has 0 unspecified atom stereocenters. The van der Waals surface area contributed by atoms with Crippen molar-refractivity contribution in [1.29, 1.82) is 0 Å². The van der Waals surface area contributed by atoms with Crippen LogP contribution in [0.15, 0.2) is 30.3 Å². The van der Waals surface area contributed by atoms with Gasteiger partial charge in [0.2, 0.25) is 5.95 Å². The number of rotatable bonds is 4. The van der Waals surface area contributed by atoms with Crippen molar-refractivity contribution in [3.05, 3.63) is 30.3 Å². The highest BCUT2D eigenvalue weighted by molar-refractivity contribution is 5.78. The van der Waals surface area contributed by atoms with Crippen LogP contribution in [0.2, 0.25) is 0 Å². The van der Waals surface area contributed by atoms with Gasteiger partial charge >= 0.3 is 0 Å². The lowest BCUT2D eigenvalue weighted by Crippen LogP contribution is -2.47. The Bertz CT molecular complexity index is 862.